The van der Waals surface area contributed by atoms with E-state index in [1.165, 1.54) is 55.6 Å². The van der Waals surface area contributed by atoms with Crippen molar-refractivity contribution < 1.29 is 14.1 Å². The normalized spacial score (nSPS) is 25.5. The van der Waals surface area contributed by atoms with Gasteiger partial charge in [-0.3, -0.25) is 14.9 Å². The van der Waals surface area contributed by atoms with Gasteiger partial charge in [-0.25, -0.2) is 4.98 Å². The van der Waals surface area contributed by atoms with Gasteiger partial charge in [-0.1, -0.05) is 18.2 Å². The number of nitrogens with zero attached hydrogens (tertiary/aromatic N) is 2. The number of benzene rings is 1. The lowest BCUT2D eigenvalue weighted by molar-refractivity contribution is -0.384. The number of aromatic nitrogens is 1. The molecule has 2 bridgehead atoms. The molecule has 2 saturated carbocycles. The molecule has 0 aliphatic heterocycles. The fraction of sp³-hybridized carbons (Fsp3) is 0.556. The highest BCUT2D eigenvalue weighted by Crippen LogP contribution is 2.49. The molecule has 1 N–H and O–H groups in total. The summed E-state index contributed by atoms with van der Waals surface area (Å²) in [6, 6.07) is 4.48. The number of hydrogen-bond donors (Lipinski definition) is 1. The molecule has 2 fully saturated rings. The topological polar surface area (TPSA) is 98.3 Å². The van der Waals surface area contributed by atoms with Crippen LogP contribution < -0.4 is 5.32 Å². The number of non-ortho nitro benzene ring substituents is 1. The second-order valence-electron chi connectivity index (χ2n) is 7.37. The summed E-state index contributed by atoms with van der Waals surface area (Å²) in [4.78, 5) is 26.8. The molecule has 8 heteroatoms. The van der Waals surface area contributed by atoms with E-state index in [1.807, 2.05) is 0 Å². The average Bonchev–Trinajstić information content (AvgIpc) is 3.33. The van der Waals surface area contributed by atoms with Gasteiger partial charge in [0.15, 0.2) is 5.58 Å². The SMILES string of the molecule is C[C@H](NC(=O)CSc1nc2cc([N+](=O)[O-])ccc2o1)[C@@H]1C[C@H]2CC[C@H]1C2. The molecule has 1 aromatic carbocycles. The van der Waals surface area contributed by atoms with Crippen molar-refractivity contribution in [3.8, 4) is 0 Å². The number of hydrogen-bond acceptors (Lipinski definition) is 6. The standard InChI is InChI=1S/C18H21N3O4S/c1-10(14-7-11-2-3-12(14)6-11)19-17(22)9-26-18-20-15-8-13(21(23)24)4-5-16(15)25-18/h4-5,8,10-12,14H,2-3,6-7,9H2,1H3,(H,19,22)/t10-,11-,12-,14-/m0/s1. The number of thioether (sulfide) groups is 1. The fourth-order valence-corrected chi connectivity index (χ4v) is 5.16. The molecular formula is C18H21N3O4S. The van der Waals surface area contributed by atoms with Crippen molar-refractivity contribution in [2.75, 3.05) is 5.75 Å². The van der Waals surface area contributed by atoms with E-state index in [0.717, 1.165) is 11.8 Å². The highest BCUT2D eigenvalue weighted by molar-refractivity contribution is 7.99. The number of carbonyl (C=O) groups is 1. The first-order valence-electron chi connectivity index (χ1n) is 8.96. The quantitative estimate of drug-likeness (QED) is 0.469. The van der Waals surface area contributed by atoms with Crippen LogP contribution in [-0.2, 0) is 4.79 Å². The van der Waals surface area contributed by atoms with Crippen LogP contribution in [0.1, 0.15) is 32.6 Å². The first kappa shape index (κ1) is 17.3. The Bertz CT molecular complexity index is 852. The minimum Gasteiger partial charge on any atom is -0.431 e. The van der Waals surface area contributed by atoms with Gasteiger partial charge in [0.05, 0.1) is 10.7 Å². The molecule has 7 nitrogen and oxygen atoms in total. The molecule has 0 unspecified atom stereocenters. The van der Waals surface area contributed by atoms with Crippen molar-refractivity contribution in [1.82, 2.24) is 10.3 Å². The van der Waals surface area contributed by atoms with Gasteiger partial charge in [0, 0.05) is 18.2 Å². The predicted octanol–water partition coefficient (Wildman–Crippen LogP) is 3.77. The molecule has 2 aromatic rings. The molecule has 1 heterocycles. The number of amides is 1. The van der Waals surface area contributed by atoms with Gasteiger partial charge < -0.3 is 9.73 Å². The maximum Gasteiger partial charge on any atom is 0.271 e. The summed E-state index contributed by atoms with van der Waals surface area (Å²) in [5.74, 6) is 2.43. The molecule has 2 aliphatic carbocycles. The zero-order chi connectivity index (χ0) is 18.3. The van der Waals surface area contributed by atoms with Crippen LogP contribution in [0.2, 0.25) is 0 Å². The lowest BCUT2D eigenvalue weighted by Gasteiger charge is -2.28. The van der Waals surface area contributed by atoms with Crippen LogP contribution in [0.25, 0.3) is 11.1 Å². The van der Waals surface area contributed by atoms with Gasteiger partial charge in [0.25, 0.3) is 10.9 Å². The monoisotopic (exact) mass is 375 g/mol. The third-order valence-corrected chi connectivity index (χ3v) is 6.54. The van der Waals surface area contributed by atoms with Crippen LogP contribution in [0.15, 0.2) is 27.8 Å². The second kappa shape index (κ2) is 6.90. The first-order chi connectivity index (χ1) is 12.5. The Hall–Kier alpha value is -2.09. The third-order valence-electron chi connectivity index (χ3n) is 5.71. The lowest BCUT2D eigenvalue weighted by atomic mass is 9.84. The number of nitro benzene ring substituents is 1. The van der Waals surface area contributed by atoms with E-state index < -0.39 is 4.92 Å². The molecule has 0 spiro atoms. The maximum absolute atomic E-state index is 12.3. The summed E-state index contributed by atoms with van der Waals surface area (Å²) in [5.41, 5.74) is 0.881. The lowest BCUT2D eigenvalue weighted by Crippen LogP contribution is -2.40. The van der Waals surface area contributed by atoms with E-state index in [2.05, 4.69) is 17.2 Å². The fourth-order valence-electron chi connectivity index (χ4n) is 4.51. The highest BCUT2D eigenvalue weighted by atomic mass is 32.2. The van der Waals surface area contributed by atoms with E-state index in [4.69, 9.17) is 4.42 Å². The summed E-state index contributed by atoms with van der Waals surface area (Å²) < 4.78 is 5.55. The van der Waals surface area contributed by atoms with Crippen molar-refractivity contribution >= 4 is 34.5 Å². The largest absolute Gasteiger partial charge is 0.431 e. The molecule has 0 saturated heterocycles. The van der Waals surface area contributed by atoms with Crippen LogP contribution in [0.3, 0.4) is 0 Å². The molecule has 4 atom stereocenters. The van der Waals surface area contributed by atoms with Crippen molar-refractivity contribution in [2.45, 2.75) is 43.9 Å². The Kier molecular flexibility index (Phi) is 4.60. The second-order valence-corrected chi connectivity index (χ2v) is 8.30. The van der Waals surface area contributed by atoms with E-state index in [-0.39, 0.29) is 23.4 Å². The number of oxazole rings is 1. The van der Waals surface area contributed by atoms with E-state index in [9.17, 15) is 14.9 Å². The summed E-state index contributed by atoms with van der Waals surface area (Å²) in [6.45, 7) is 2.10. The molecule has 138 valence electrons. The summed E-state index contributed by atoms with van der Waals surface area (Å²) in [5, 5.41) is 14.3. The van der Waals surface area contributed by atoms with E-state index in [1.54, 1.807) is 0 Å². The Morgan fingerprint density at radius 3 is 3.00 bits per heavy atom. The molecule has 2 aliphatic rings. The van der Waals surface area contributed by atoms with Crippen LogP contribution in [0.5, 0.6) is 0 Å². The number of rotatable bonds is 6. The minimum atomic E-state index is -0.467. The summed E-state index contributed by atoms with van der Waals surface area (Å²) in [6.07, 6.45) is 5.23. The van der Waals surface area contributed by atoms with Crippen molar-refractivity contribution in [3.63, 3.8) is 0 Å². The van der Waals surface area contributed by atoms with Crippen LogP contribution >= 0.6 is 11.8 Å². The zero-order valence-corrected chi connectivity index (χ0v) is 15.3. The number of nitrogens with one attached hydrogen (secondary N) is 1. The Morgan fingerprint density at radius 1 is 1.46 bits per heavy atom. The van der Waals surface area contributed by atoms with Crippen molar-refractivity contribution in [1.29, 1.82) is 0 Å². The van der Waals surface area contributed by atoms with Gasteiger partial charge in [-0.2, -0.15) is 0 Å². The molecule has 1 amide bonds. The molecule has 4 rings (SSSR count). The van der Waals surface area contributed by atoms with Crippen LogP contribution in [0.4, 0.5) is 5.69 Å². The third kappa shape index (κ3) is 3.42. The van der Waals surface area contributed by atoms with Crippen molar-refractivity contribution in [2.24, 2.45) is 17.8 Å². The Balaban J connectivity index is 1.32. The average molecular weight is 375 g/mol. The molecule has 0 radical (unpaired) electrons. The van der Waals surface area contributed by atoms with Crippen molar-refractivity contribution in [3.05, 3.63) is 28.3 Å². The zero-order valence-electron chi connectivity index (χ0n) is 14.5. The maximum atomic E-state index is 12.3. The molecular weight excluding hydrogens is 354 g/mol. The molecule has 1 aromatic heterocycles. The van der Waals surface area contributed by atoms with Gasteiger partial charge in [0.2, 0.25) is 5.91 Å². The Morgan fingerprint density at radius 2 is 2.31 bits per heavy atom. The summed E-state index contributed by atoms with van der Waals surface area (Å²) in [7, 11) is 0. The number of nitro groups is 1. The number of fused-ring (bicyclic) bond motifs is 3. The number of carbonyl (C=O) groups excluding carboxylic acids is 1. The van der Waals surface area contributed by atoms with Gasteiger partial charge in [-0.05, 0) is 50.0 Å². The summed E-state index contributed by atoms with van der Waals surface area (Å²) >= 11 is 1.21. The van der Waals surface area contributed by atoms with E-state index >= 15 is 0 Å². The Labute approximate surface area is 155 Å². The van der Waals surface area contributed by atoms with Crippen LogP contribution in [-0.4, -0.2) is 27.6 Å². The smallest absolute Gasteiger partial charge is 0.271 e. The van der Waals surface area contributed by atoms with Gasteiger partial charge in [0.1, 0.15) is 5.52 Å². The highest BCUT2D eigenvalue weighted by Gasteiger charge is 2.42. The molecule has 26 heavy (non-hydrogen) atoms. The minimum absolute atomic E-state index is 0.0280. The van der Waals surface area contributed by atoms with E-state index in [0.29, 0.717) is 22.2 Å². The van der Waals surface area contributed by atoms with Gasteiger partial charge >= 0.3 is 0 Å². The van der Waals surface area contributed by atoms with Crippen LogP contribution in [0, 0.1) is 27.9 Å². The van der Waals surface area contributed by atoms with Gasteiger partial charge in [-0.15, -0.1) is 0 Å². The first-order valence-corrected chi connectivity index (χ1v) is 9.95. The predicted molar refractivity (Wildman–Crippen MR) is 97.9 cm³/mol.